The average molecular weight is 256 g/mol. The molecule has 0 radical (unpaired) electrons. The van der Waals surface area contributed by atoms with Gasteiger partial charge in [0.15, 0.2) is 0 Å². The predicted molar refractivity (Wildman–Crippen MR) is 73.1 cm³/mol. The Morgan fingerprint density at radius 1 is 1.32 bits per heavy atom. The molecule has 4 nitrogen and oxygen atoms in total. The van der Waals surface area contributed by atoms with Crippen molar-refractivity contribution in [3.05, 3.63) is 59.4 Å². The van der Waals surface area contributed by atoms with Crippen molar-refractivity contribution < 1.29 is 9.53 Å². The maximum atomic E-state index is 12.0. The van der Waals surface area contributed by atoms with Gasteiger partial charge in [-0.1, -0.05) is 6.07 Å². The first kappa shape index (κ1) is 13.1. The number of hydrogen-bond acceptors (Lipinski definition) is 3. The van der Waals surface area contributed by atoms with Crippen LogP contribution in [0.25, 0.3) is 0 Å². The quantitative estimate of drug-likeness (QED) is 0.913. The van der Waals surface area contributed by atoms with Crippen molar-refractivity contribution in [3.63, 3.8) is 0 Å². The summed E-state index contributed by atoms with van der Waals surface area (Å²) >= 11 is 0. The lowest BCUT2D eigenvalue weighted by Gasteiger charge is -2.08. The topological polar surface area (TPSA) is 51.2 Å². The van der Waals surface area contributed by atoms with Gasteiger partial charge in [-0.25, -0.2) is 0 Å². The van der Waals surface area contributed by atoms with Crippen LogP contribution in [-0.4, -0.2) is 18.0 Å². The van der Waals surface area contributed by atoms with Crippen LogP contribution in [0.5, 0.6) is 5.75 Å². The maximum absolute atomic E-state index is 12.0. The molecule has 1 N–H and O–H groups in total. The fraction of sp³-hybridized carbons (Fsp3) is 0.200. The fourth-order valence-corrected chi connectivity index (χ4v) is 1.77. The minimum atomic E-state index is -0.132. The maximum Gasteiger partial charge on any atom is 0.251 e. The van der Waals surface area contributed by atoms with Crippen molar-refractivity contribution in [2.45, 2.75) is 13.5 Å². The number of ether oxygens (including phenoxy) is 1. The number of benzene rings is 1. The van der Waals surface area contributed by atoms with Gasteiger partial charge in [0, 0.05) is 11.8 Å². The summed E-state index contributed by atoms with van der Waals surface area (Å²) < 4.78 is 5.16. The van der Waals surface area contributed by atoms with Crippen LogP contribution in [0.3, 0.4) is 0 Å². The van der Waals surface area contributed by atoms with Gasteiger partial charge in [-0.2, -0.15) is 0 Å². The molecule has 0 saturated carbocycles. The number of aromatic nitrogens is 1. The third-order valence-corrected chi connectivity index (χ3v) is 2.70. The Bertz CT molecular complexity index is 568. The largest absolute Gasteiger partial charge is 0.497 e. The minimum Gasteiger partial charge on any atom is -0.497 e. The lowest BCUT2D eigenvalue weighted by atomic mass is 10.1. The molecule has 0 atom stereocenters. The molecule has 2 aromatic rings. The van der Waals surface area contributed by atoms with Gasteiger partial charge in [-0.3, -0.25) is 9.78 Å². The van der Waals surface area contributed by atoms with E-state index in [4.69, 9.17) is 4.74 Å². The molecule has 4 heteroatoms. The molecule has 0 aliphatic rings. The molecule has 0 bridgehead atoms. The van der Waals surface area contributed by atoms with Crippen LogP contribution in [0.4, 0.5) is 0 Å². The third-order valence-electron chi connectivity index (χ3n) is 2.70. The Morgan fingerprint density at radius 2 is 2.16 bits per heavy atom. The monoisotopic (exact) mass is 256 g/mol. The Kier molecular flexibility index (Phi) is 4.13. The van der Waals surface area contributed by atoms with Crippen LogP contribution < -0.4 is 10.1 Å². The standard InChI is InChI=1S/C15H16N2O2/c1-11-7-12(9-14(8-11)19-2)15(18)17-10-13-5-3-4-6-16-13/h3-9H,10H2,1-2H3,(H,17,18). The van der Waals surface area contributed by atoms with E-state index in [1.807, 2.05) is 37.3 Å². The Hall–Kier alpha value is -2.36. The first-order valence-electron chi connectivity index (χ1n) is 6.03. The van der Waals surface area contributed by atoms with E-state index < -0.39 is 0 Å². The van der Waals surface area contributed by atoms with E-state index in [0.717, 1.165) is 11.3 Å². The van der Waals surface area contributed by atoms with Gasteiger partial charge >= 0.3 is 0 Å². The average Bonchev–Trinajstić information content (AvgIpc) is 2.45. The number of carbonyl (C=O) groups excluding carboxylic acids is 1. The van der Waals surface area contributed by atoms with E-state index in [2.05, 4.69) is 10.3 Å². The summed E-state index contributed by atoms with van der Waals surface area (Å²) in [6.07, 6.45) is 1.71. The SMILES string of the molecule is COc1cc(C)cc(C(=O)NCc2ccccn2)c1. The summed E-state index contributed by atoms with van der Waals surface area (Å²) in [6, 6.07) is 11.0. The Balaban J connectivity index is 2.06. The first-order chi connectivity index (χ1) is 9.19. The molecule has 0 aliphatic carbocycles. The summed E-state index contributed by atoms with van der Waals surface area (Å²) in [4.78, 5) is 16.2. The number of pyridine rings is 1. The zero-order valence-electron chi connectivity index (χ0n) is 11.0. The van der Waals surface area contributed by atoms with Crippen molar-refractivity contribution in [3.8, 4) is 5.75 Å². The fourth-order valence-electron chi connectivity index (χ4n) is 1.77. The van der Waals surface area contributed by atoms with E-state index in [1.165, 1.54) is 0 Å². The van der Waals surface area contributed by atoms with Gasteiger partial charge in [0.25, 0.3) is 5.91 Å². The summed E-state index contributed by atoms with van der Waals surface area (Å²) in [7, 11) is 1.59. The molecule has 0 fully saturated rings. The smallest absolute Gasteiger partial charge is 0.251 e. The van der Waals surface area contributed by atoms with E-state index >= 15 is 0 Å². The zero-order chi connectivity index (χ0) is 13.7. The van der Waals surface area contributed by atoms with Crippen molar-refractivity contribution in [1.82, 2.24) is 10.3 Å². The molecule has 0 saturated heterocycles. The first-order valence-corrected chi connectivity index (χ1v) is 6.03. The van der Waals surface area contributed by atoms with Gasteiger partial charge in [0.2, 0.25) is 0 Å². The van der Waals surface area contributed by atoms with Gasteiger partial charge < -0.3 is 10.1 Å². The van der Waals surface area contributed by atoms with Crippen LogP contribution in [0.1, 0.15) is 21.6 Å². The highest BCUT2D eigenvalue weighted by Crippen LogP contribution is 2.16. The number of methoxy groups -OCH3 is 1. The molecule has 0 unspecified atom stereocenters. The number of nitrogens with zero attached hydrogens (tertiary/aromatic N) is 1. The highest BCUT2D eigenvalue weighted by molar-refractivity contribution is 5.94. The number of amides is 1. The molecular weight excluding hydrogens is 240 g/mol. The molecule has 1 aromatic carbocycles. The molecule has 19 heavy (non-hydrogen) atoms. The second-order valence-electron chi connectivity index (χ2n) is 4.24. The molecule has 1 heterocycles. The van der Waals surface area contributed by atoms with Crippen LogP contribution in [0.15, 0.2) is 42.6 Å². The predicted octanol–water partition coefficient (Wildman–Crippen LogP) is 2.33. The number of nitrogens with one attached hydrogen (secondary N) is 1. The van der Waals surface area contributed by atoms with Crippen LogP contribution in [-0.2, 0) is 6.54 Å². The summed E-state index contributed by atoms with van der Waals surface area (Å²) in [6.45, 7) is 2.34. The molecule has 2 rings (SSSR count). The third kappa shape index (κ3) is 3.55. The Labute approximate surface area is 112 Å². The van der Waals surface area contributed by atoms with Crippen LogP contribution >= 0.6 is 0 Å². The van der Waals surface area contributed by atoms with Crippen molar-refractivity contribution >= 4 is 5.91 Å². The molecular formula is C15H16N2O2. The van der Waals surface area contributed by atoms with Gasteiger partial charge in [-0.05, 0) is 42.8 Å². The summed E-state index contributed by atoms with van der Waals surface area (Å²) in [5, 5.41) is 2.84. The molecule has 1 amide bonds. The van der Waals surface area contributed by atoms with Crippen molar-refractivity contribution in [2.24, 2.45) is 0 Å². The van der Waals surface area contributed by atoms with Gasteiger partial charge in [0.05, 0.1) is 19.3 Å². The highest BCUT2D eigenvalue weighted by Gasteiger charge is 2.08. The number of aryl methyl sites for hydroxylation is 1. The normalized spacial score (nSPS) is 10.0. The molecule has 98 valence electrons. The van der Waals surface area contributed by atoms with Gasteiger partial charge in [0.1, 0.15) is 5.75 Å². The number of rotatable bonds is 4. The lowest BCUT2D eigenvalue weighted by molar-refractivity contribution is 0.0950. The van der Waals surface area contributed by atoms with Gasteiger partial charge in [-0.15, -0.1) is 0 Å². The molecule has 1 aromatic heterocycles. The van der Waals surface area contributed by atoms with Crippen LogP contribution in [0, 0.1) is 6.92 Å². The van der Waals surface area contributed by atoms with Crippen LogP contribution in [0.2, 0.25) is 0 Å². The van der Waals surface area contributed by atoms with E-state index in [1.54, 1.807) is 19.4 Å². The van der Waals surface area contributed by atoms with Crippen molar-refractivity contribution in [1.29, 1.82) is 0 Å². The van der Waals surface area contributed by atoms with E-state index in [-0.39, 0.29) is 5.91 Å². The van der Waals surface area contributed by atoms with E-state index in [0.29, 0.717) is 17.9 Å². The zero-order valence-corrected chi connectivity index (χ0v) is 11.0. The lowest BCUT2D eigenvalue weighted by Crippen LogP contribution is -2.23. The minimum absolute atomic E-state index is 0.132. The summed E-state index contributed by atoms with van der Waals surface area (Å²) in [5.74, 6) is 0.552. The summed E-state index contributed by atoms with van der Waals surface area (Å²) in [5.41, 5.74) is 2.41. The van der Waals surface area contributed by atoms with Crippen molar-refractivity contribution in [2.75, 3.05) is 7.11 Å². The molecule has 0 spiro atoms. The Morgan fingerprint density at radius 3 is 2.84 bits per heavy atom. The second-order valence-corrected chi connectivity index (χ2v) is 4.24. The number of hydrogen-bond donors (Lipinski definition) is 1. The highest BCUT2D eigenvalue weighted by atomic mass is 16.5. The van der Waals surface area contributed by atoms with E-state index in [9.17, 15) is 4.79 Å². The second kappa shape index (κ2) is 6.00. The number of carbonyl (C=O) groups is 1. The molecule has 0 aliphatic heterocycles.